The van der Waals surface area contributed by atoms with Crippen molar-refractivity contribution in [1.82, 2.24) is 0 Å². The molecule has 1 saturated heterocycles. The zero-order chi connectivity index (χ0) is 49.8. The summed E-state index contributed by atoms with van der Waals surface area (Å²) in [6.07, 6.45) is 0. The molecule has 0 spiro atoms. The van der Waals surface area contributed by atoms with Gasteiger partial charge in [-0.15, -0.1) is 17.8 Å². The van der Waals surface area contributed by atoms with E-state index in [1.165, 1.54) is 39.8 Å². The van der Waals surface area contributed by atoms with Crippen molar-refractivity contribution in [2.24, 2.45) is 0 Å². The molecule has 1 aliphatic rings. The Bertz CT molecular complexity index is 2020. The number of hydrogen-bond donors (Lipinski definition) is 3. The minimum atomic E-state index is 0. The Hall–Kier alpha value is -5.04. The number of benzene rings is 5. The van der Waals surface area contributed by atoms with Crippen LogP contribution in [0.15, 0.2) is 121 Å². The molecule has 0 aliphatic carbocycles. The lowest BCUT2D eigenvalue weighted by Crippen LogP contribution is -2.56. The number of nitrogens with zero attached hydrogens (tertiary/aromatic N) is 7. The molecule has 5 aromatic rings. The molecule has 0 saturated carbocycles. The van der Waals surface area contributed by atoms with Crippen molar-refractivity contribution >= 4 is 74.7 Å². The molecule has 66 heavy (non-hydrogen) atoms. The molecule has 12 heteroatoms. The first-order valence-corrected chi connectivity index (χ1v) is 24.7. The fourth-order valence-electron chi connectivity index (χ4n) is 8.66. The highest BCUT2D eigenvalue weighted by Crippen LogP contribution is 2.36. The zero-order valence-corrected chi connectivity index (χ0v) is 44.8. The third kappa shape index (κ3) is 16.7. The predicted octanol–water partition coefficient (Wildman–Crippen LogP) is 12.7. The molecule has 1 fully saturated rings. The minimum Gasteiger partial charge on any atom is -0.399 e. The third-order valence-electron chi connectivity index (χ3n) is 10.7. The summed E-state index contributed by atoms with van der Waals surface area (Å²) >= 11 is 0. The van der Waals surface area contributed by atoms with E-state index in [-0.39, 0.29) is 38.5 Å². The molecule has 0 aromatic heterocycles. The molecule has 1 aliphatic heterocycles. The van der Waals surface area contributed by atoms with Gasteiger partial charge >= 0.3 is 0 Å². The fraction of sp³-hybridized carbons (Fsp3) is 0.444. The number of nitrogen functional groups attached to an aromatic ring is 3. The topological polar surface area (TPSA) is 101 Å². The molecule has 10 nitrogen and oxygen atoms in total. The molecule has 0 amide bonds. The van der Waals surface area contributed by atoms with Crippen molar-refractivity contribution in [3.63, 3.8) is 0 Å². The lowest BCUT2D eigenvalue weighted by molar-refractivity contribution is 0.380. The van der Waals surface area contributed by atoms with Crippen molar-refractivity contribution in [1.29, 1.82) is 1.28 Å². The molecule has 0 bridgehead atoms. The Kier molecular flexibility index (Phi) is 20.2. The molecule has 6 rings (SSSR count). The lowest BCUT2D eigenvalue weighted by atomic mass is 9.94. The standard InChI is InChI=1S/C39H60N6.C8H12N2.C6H8N2.CH4.H4P2/c1-36(2,3)44(37(4,5)6)34-23-19-32(20-24-34)42-27-41(31-17-15-30(16-18-31)40(13)14)28-43(29-42)33-21-25-35(26-22-33)45(38(7,8)9)39(10,11)12;1-10(2)8-5-3-7(9)4-6-8;7-5-1-2-6(8)4-3-5;;1-2/h15-26H,27-29H2,1-14H3;3-6H,9H2,1-2H3;1-4H,7-8H2;1H4;1-2H2/i;;;;1D. The number of nitrogens with two attached hydrogens (primary N) is 3. The first-order chi connectivity index (χ1) is 30.6. The average Bonchev–Trinajstić information content (AvgIpc) is 3.21. The molecule has 0 radical (unpaired) electrons. The van der Waals surface area contributed by atoms with Gasteiger partial charge in [0.25, 0.3) is 0 Å². The fourth-order valence-corrected chi connectivity index (χ4v) is 8.66. The van der Waals surface area contributed by atoms with E-state index in [2.05, 4.69) is 208 Å². The van der Waals surface area contributed by atoms with E-state index in [9.17, 15) is 0 Å². The van der Waals surface area contributed by atoms with E-state index < -0.39 is 0 Å². The molecule has 2 atom stereocenters. The second-order valence-corrected chi connectivity index (χ2v) is 21.0. The van der Waals surface area contributed by atoms with Crippen LogP contribution in [0.1, 0.15) is 90.5 Å². The summed E-state index contributed by atoms with van der Waals surface area (Å²) in [6, 6.07) is 42.2. The second kappa shape index (κ2) is 24.1. The highest BCUT2D eigenvalue weighted by molar-refractivity contribution is 7.92. The highest BCUT2D eigenvalue weighted by atomic mass is 32.0. The van der Waals surface area contributed by atoms with Gasteiger partial charge in [0, 0.05) is 107 Å². The van der Waals surface area contributed by atoms with Crippen LogP contribution in [0.4, 0.5) is 56.9 Å². The molecule has 5 aromatic carbocycles. The average molecular weight is 940 g/mol. The first-order valence-electron chi connectivity index (χ1n) is 22.9. The third-order valence-corrected chi connectivity index (χ3v) is 10.7. The Morgan fingerprint density at radius 1 is 0.394 bits per heavy atom. The van der Waals surface area contributed by atoms with Crippen LogP contribution in [0.3, 0.4) is 0 Å². The van der Waals surface area contributed by atoms with E-state index in [0.717, 1.165) is 37.1 Å². The van der Waals surface area contributed by atoms with Crippen molar-refractivity contribution in [2.75, 3.05) is 99.7 Å². The summed E-state index contributed by atoms with van der Waals surface area (Å²) in [4.78, 5) is 16.7. The Balaban J connectivity index is 0.000000572. The van der Waals surface area contributed by atoms with E-state index in [4.69, 9.17) is 18.5 Å². The molecule has 2 unspecified atom stereocenters. The van der Waals surface area contributed by atoms with E-state index >= 15 is 0 Å². The van der Waals surface area contributed by atoms with Crippen LogP contribution in [0, 0.1) is 0 Å². The van der Waals surface area contributed by atoms with Gasteiger partial charge in [-0.05, 0) is 204 Å². The van der Waals surface area contributed by atoms with Crippen LogP contribution in [0.2, 0.25) is 0 Å². The van der Waals surface area contributed by atoms with Gasteiger partial charge in [0.15, 0.2) is 0 Å². The maximum absolute atomic E-state index is 6.20. The van der Waals surface area contributed by atoms with Gasteiger partial charge in [-0.1, -0.05) is 7.43 Å². The van der Waals surface area contributed by atoms with Gasteiger partial charge in [-0.2, -0.15) is 0 Å². The highest BCUT2D eigenvalue weighted by Gasteiger charge is 2.33. The second-order valence-electron chi connectivity index (χ2n) is 21.0. The van der Waals surface area contributed by atoms with Crippen LogP contribution in [-0.4, -0.2) is 71.6 Å². The van der Waals surface area contributed by atoms with Crippen molar-refractivity contribution in [3.8, 4) is 0 Å². The summed E-state index contributed by atoms with van der Waals surface area (Å²) in [7, 11) is 10.7. The maximum Gasteiger partial charge on any atom is 0.0937 e. The Morgan fingerprint density at radius 3 is 0.773 bits per heavy atom. The van der Waals surface area contributed by atoms with Gasteiger partial charge in [0.1, 0.15) is 0 Å². The molecule has 1 heterocycles. The van der Waals surface area contributed by atoms with Crippen molar-refractivity contribution in [2.45, 2.75) is 113 Å². The monoisotopic (exact) mass is 940 g/mol. The minimum absolute atomic E-state index is 0. The normalized spacial score (nSPS) is 13.2. The molecule has 364 valence electrons. The molecule has 6 N–H and O–H groups in total. The molecular formula is C54H88N10P2. The van der Waals surface area contributed by atoms with Gasteiger partial charge in [0.2, 0.25) is 0 Å². The summed E-state index contributed by atoms with van der Waals surface area (Å²) < 4.78 is 6.20. The smallest absolute Gasteiger partial charge is 0.0937 e. The largest absolute Gasteiger partial charge is 0.399 e. The van der Waals surface area contributed by atoms with E-state index in [0.29, 0.717) is 0 Å². The number of hydrogen-bond acceptors (Lipinski definition) is 10. The van der Waals surface area contributed by atoms with Crippen LogP contribution >= 0.6 is 17.8 Å². The first kappa shape index (κ1) is 55.3. The zero-order valence-electron chi connectivity index (χ0n) is 43.6. The summed E-state index contributed by atoms with van der Waals surface area (Å²) in [5, 5.41) is 0. The van der Waals surface area contributed by atoms with Crippen LogP contribution < -0.4 is 51.5 Å². The van der Waals surface area contributed by atoms with Crippen LogP contribution in [0.25, 0.3) is 0 Å². The van der Waals surface area contributed by atoms with Crippen LogP contribution in [0.5, 0.6) is 0 Å². The Labute approximate surface area is 408 Å². The van der Waals surface area contributed by atoms with Gasteiger partial charge < -0.3 is 51.5 Å². The number of rotatable bonds is 7. The van der Waals surface area contributed by atoms with Gasteiger partial charge in [-0.25, -0.2) is 0 Å². The number of anilines is 10. The summed E-state index contributed by atoms with van der Waals surface area (Å²) in [5.74, 6) is 0. The predicted molar refractivity (Wildman–Crippen MR) is 306 cm³/mol. The van der Waals surface area contributed by atoms with Crippen LogP contribution in [-0.2, 0) is 0 Å². The summed E-state index contributed by atoms with van der Waals surface area (Å²) in [6.45, 7) is 30.0. The SMILES string of the molecule is C.CN(C)c1ccc(N)cc1.CN(C)c1ccc(N2CN(c3ccc(N(C(C)(C)C)C(C)(C)C)cc3)CN(c3ccc(N(C(C)(C)C)C(C)(C)C)cc3)C2)cc1.Nc1ccc(N)cc1.[2H]PP. The molecular weight excluding hydrogens is 851 g/mol. The van der Waals surface area contributed by atoms with Gasteiger partial charge in [-0.3, -0.25) is 0 Å². The maximum atomic E-state index is 6.20. The van der Waals surface area contributed by atoms with Gasteiger partial charge in [0.05, 0.1) is 21.3 Å². The summed E-state index contributed by atoms with van der Waals surface area (Å²) in [5.41, 5.74) is 27.2. The Morgan fingerprint density at radius 2 is 0.576 bits per heavy atom. The lowest BCUT2D eigenvalue weighted by Gasteiger charge is -2.48. The quantitative estimate of drug-likeness (QED) is 0.108. The van der Waals surface area contributed by atoms with Crippen molar-refractivity contribution < 1.29 is 0 Å². The van der Waals surface area contributed by atoms with E-state index in [1.807, 2.05) is 43.3 Å². The van der Waals surface area contributed by atoms with Crippen molar-refractivity contribution in [3.05, 3.63) is 121 Å². The van der Waals surface area contributed by atoms with E-state index in [1.54, 1.807) is 24.3 Å².